The van der Waals surface area contributed by atoms with Gasteiger partial charge in [0.05, 0.1) is 13.0 Å². The molecule has 0 amide bonds. The van der Waals surface area contributed by atoms with Crippen molar-refractivity contribution in [2.75, 3.05) is 13.2 Å². The molecule has 0 saturated heterocycles. The Morgan fingerprint density at radius 3 is 2.47 bits per heavy atom. The molecule has 0 fully saturated rings. The summed E-state index contributed by atoms with van der Waals surface area (Å²) in [7, 11) is 0. The number of hydrogen-bond donors (Lipinski definition) is 1. The molecular weight excluding hydrogens is 248 g/mol. The average molecular weight is 264 g/mol. The van der Waals surface area contributed by atoms with Gasteiger partial charge in [0.2, 0.25) is 0 Å². The molecule has 0 heterocycles. The summed E-state index contributed by atoms with van der Waals surface area (Å²) in [5, 5.41) is 9.10. The van der Waals surface area contributed by atoms with Gasteiger partial charge in [-0.05, 0) is 17.7 Å². The standard InChI is InChI=1S/C14H16O5/c1-2-13(16)18-10-8-14(17)19-9-7-11-3-5-12(15)6-4-11/h2-6,15H,1,7-10H2. The molecule has 1 aromatic carbocycles. The second-order valence-corrected chi connectivity index (χ2v) is 3.76. The Balaban J connectivity index is 2.15. The number of phenolic OH excluding ortho intramolecular Hbond substituents is 1. The lowest BCUT2D eigenvalue weighted by molar-refractivity contribution is -0.147. The number of hydrogen-bond acceptors (Lipinski definition) is 5. The molecule has 0 aromatic heterocycles. The van der Waals surface area contributed by atoms with E-state index in [9.17, 15) is 9.59 Å². The topological polar surface area (TPSA) is 72.8 Å². The first-order valence-corrected chi connectivity index (χ1v) is 5.84. The van der Waals surface area contributed by atoms with Crippen molar-refractivity contribution in [2.45, 2.75) is 12.8 Å². The van der Waals surface area contributed by atoms with Crippen molar-refractivity contribution in [3.8, 4) is 5.75 Å². The summed E-state index contributed by atoms with van der Waals surface area (Å²) in [5.41, 5.74) is 0.962. The van der Waals surface area contributed by atoms with E-state index in [0.717, 1.165) is 11.6 Å². The summed E-state index contributed by atoms with van der Waals surface area (Å²) in [6, 6.07) is 6.67. The summed E-state index contributed by atoms with van der Waals surface area (Å²) in [5.74, 6) is -0.780. The number of benzene rings is 1. The van der Waals surface area contributed by atoms with Gasteiger partial charge in [0, 0.05) is 12.5 Å². The van der Waals surface area contributed by atoms with Crippen LogP contribution in [0.5, 0.6) is 5.75 Å². The molecule has 0 aliphatic carbocycles. The van der Waals surface area contributed by atoms with Gasteiger partial charge in [-0.3, -0.25) is 4.79 Å². The minimum Gasteiger partial charge on any atom is -0.508 e. The Hall–Kier alpha value is -2.30. The molecular formula is C14H16O5. The second kappa shape index (κ2) is 7.92. The van der Waals surface area contributed by atoms with Gasteiger partial charge in [-0.25, -0.2) is 4.79 Å². The molecule has 1 rings (SSSR count). The number of carbonyl (C=O) groups excluding carboxylic acids is 2. The third-order valence-electron chi connectivity index (χ3n) is 2.31. The highest BCUT2D eigenvalue weighted by molar-refractivity contribution is 5.81. The van der Waals surface area contributed by atoms with Gasteiger partial charge >= 0.3 is 11.9 Å². The maximum Gasteiger partial charge on any atom is 0.330 e. The van der Waals surface area contributed by atoms with Crippen molar-refractivity contribution in [1.29, 1.82) is 0 Å². The number of aromatic hydroxyl groups is 1. The number of phenols is 1. The van der Waals surface area contributed by atoms with Crippen LogP contribution in [0.1, 0.15) is 12.0 Å². The number of carbonyl (C=O) groups is 2. The average Bonchev–Trinajstić information content (AvgIpc) is 2.41. The van der Waals surface area contributed by atoms with E-state index in [2.05, 4.69) is 11.3 Å². The fraction of sp³-hybridized carbons (Fsp3) is 0.286. The van der Waals surface area contributed by atoms with Crippen LogP contribution in [0.4, 0.5) is 0 Å². The Kier molecular flexibility index (Phi) is 6.15. The molecule has 102 valence electrons. The Bertz CT molecular complexity index is 436. The van der Waals surface area contributed by atoms with Crippen molar-refractivity contribution < 1.29 is 24.2 Å². The highest BCUT2D eigenvalue weighted by Crippen LogP contribution is 2.10. The van der Waals surface area contributed by atoms with Crippen LogP contribution < -0.4 is 0 Å². The summed E-state index contributed by atoms with van der Waals surface area (Å²) in [6.07, 6.45) is 1.63. The maximum atomic E-state index is 11.3. The van der Waals surface area contributed by atoms with Crippen LogP contribution in [0, 0.1) is 0 Å². The van der Waals surface area contributed by atoms with Crippen LogP contribution in [0.3, 0.4) is 0 Å². The molecule has 0 atom stereocenters. The van der Waals surface area contributed by atoms with Crippen molar-refractivity contribution in [3.63, 3.8) is 0 Å². The Morgan fingerprint density at radius 2 is 1.84 bits per heavy atom. The number of esters is 2. The fourth-order valence-corrected chi connectivity index (χ4v) is 1.31. The maximum absolute atomic E-state index is 11.3. The summed E-state index contributed by atoms with van der Waals surface area (Å²) >= 11 is 0. The normalized spacial score (nSPS) is 9.68. The second-order valence-electron chi connectivity index (χ2n) is 3.76. The largest absolute Gasteiger partial charge is 0.508 e. The van der Waals surface area contributed by atoms with Crippen molar-refractivity contribution in [3.05, 3.63) is 42.5 Å². The monoisotopic (exact) mass is 264 g/mol. The summed E-state index contributed by atoms with van der Waals surface area (Å²) in [6.45, 7) is 3.48. The molecule has 19 heavy (non-hydrogen) atoms. The van der Waals surface area contributed by atoms with Crippen LogP contribution in [0.2, 0.25) is 0 Å². The van der Waals surface area contributed by atoms with Gasteiger partial charge in [0.15, 0.2) is 0 Å². The lowest BCUT2D eigenvalue weighted by Gasteiger charge is -2.05. The molecule has 5 heteroatoms. The van der Waals surface area contributed by atoms with E-state index in [4.69, 9.17) is 9.84 Å². The molecule has 0 radical (unpaired) electrons. The van der Waals surface area contributed by atoms with E-state index in [-0.39, 0.29) is 25.4 Å². The third kappa shape index (κ3) is 6.26. The van der Waals surface area contributed by atoms with E-state index in [1.165, 1.54) is 0 Å². The highest BCUT2D eigenvalue weighted by Gasteiger charge is 2.04. The Labute approximate surface area is 111 Å². The zero-order valence-corrected chi connectivity index (χ0v) is 10.5. The molecule has 0 bridgehead atoms. The summed E-state index contributed by atoms with van der Waals surface area (Å²) < 4.78 is 9.63. The summed E-state index contributed by atoms with van der Waals surface area (Å²) in [4.78, 5) is 22.0. The molecule has 0 aliphatic heterocycles. The lowest BCUT2D eigenvalue weighted by atomic mass is 10.1. The first-order valence-electron chi connectivity index (χ1n) is 5.84. The highest BCUT2D eigenvalue weighted by atomic mass is 16.5. The van der Waals surface area contributed by atoms with Crippen LogP contribution >= 0.6 is 0 Å². The Morgan fingerprint density at radius 1 is 1.16 bits per heavy atom. The minimum atomic E-state index is -0.558. The van der Waals surface area contributed by atoms with Gasteiger partial charge < -0.3 is 14.6 Å². The van der Waals surface area contributed by atoms with Crippen molar-refractivity contribution >= 4 is 11.9 Å². The predicted molar refractivity (Wildman–Crippen MR) is 68.5 cm³/mol. The number of rotatable bonds is 7. The first kappa shape index (κ1) is 14.8. The van der Waals surface area contributed by atoms with Crippen LogP contribution in [-0.4, -0.2) is 30.3 Å². The molecule has 5 nitrogen and oxygen atoms in total. The predicted octanol–water partition coefficient (Wildman–Crippen LogP) is 1.60. The van der Waals surface area contributed by atoms with Crippen LogP contribution in [0.25, 0.3) is 0 Å². The molecule has 0 unspecified atom stereocenters. The molecule has 1 aromatic rings. The zero-order valence-electron chi connectivity index (χ0n) is 10.5. The van der Waals surface area contributed by atoms with E-state index in [1.54, 1.807) is 24.3 Å². The molecule has 1 N–H and O–H groups in total. The molecule has 0 spiro atoms. The molecule has 0 aliphatic rings. The van der Waals surface area contributed by atoms with Gasteiger partial charge in [0.25, 0.3) is 0 Å². The van der Waals surface area contributed by atoms with Gasteiger partial charge in [-0.15, -0.1) is 0 Å². The number of ether oxygens (including phenoxy) is 2. The van der Waals surface area contributed by atoms with E-state index < -0.39 is 11.9 Å². The van der Waals surface area contributed by atoms with Gasteiger partial charge in [0.1, 0.15) is 12.4 Å². The lowest BCUT2D eigenvalue weighted by Crippen LogP contribution is -2.12. The van der Waals surface area contributed by atoms with Gasteiger partial charge in [-0.2, -0.15) is 0 Å². The van der Waals surface area contributed by atoms with E-state index >= 15 is 0 Å². The van der Waals surface area contributed by atoms with Crippen LogP contribution in [-0.2, 0) is 25.5 Å². The zero-order chi connectivity index (χ0) is 14.1. The smallest absolute Gasteiger partial charge is 0.330 e. The van der Waals surface area contributed by atoms with Crippen molar-refractivity contribution in [2.24, 2.45) is 0 Å². The van der Waals surface area contributed by atoms with Crippen molar-refractivity contribution in [1.82, 2.24) is 0 Å². The third-order valence-corrected chi connectivity index (χ3v) is 2.31. The molecule has 0 saturated carbocycles. The van der Waals surface area contributed by atoms with E-state index in [0.29, 0.717) is 6.42 Å². The first-order chi connectivity index (χ1) is 9.11. The minimum absolute atomic E-state index is 0.0110. The SMILES string of the molecule is C=CC(=O)OCCC(=O)OCCc1ccc(O)cc1. The van der Waals surface area contributed by atoms with E-state index in [1.807, 2.05) is 0 Å². The quantitative estimate of drug-likeness (QED) is 0.598. The van der Waals surface area contributed by atoms with Gasteiger partial charge in [-0.1, -0.05) is 18.7 Å². The van der Waals surface area contributed by atoms with Crippen LogP contribution in [0.15, 0.2) is 36.9 Å². The fourth-order valence-electron chi connectivity index (χ4n) is 1.31.